The second kappa shape index (κ2) is 5.72. The predicted molar refractivity (Wildman–Crippen MR) is 74.4 cm³/mol. The van der Waals surface area contributed by atoms with Gasteiger partial charge in [0.15, 0.2) is 0 Å². The number of hydrogen-bond donors (Lipinski definition) is 1. The third kappa shape index (κ3) is 3.14. The molecule has 1 unspecified atom stereocenters. The van der Waals surface area contributed by atoms with Crippen LogP contribution in [0.2, 0.25) is 0 Å². The van der Waals surface area contributed by atoms with Crippen molar-refractivity contribution in [3.8, 4) is 0 Å². The number of hydrogen-bond acceptors (Lipinski definition) is 3. The van der Waals surface area contributed by atoms with Crippen LogP contribution in [0.4, 0.5) is 0 Å². The van der Waals surface area contributed by atoms with Gasteiger partial charge < -0.3 is 15.4 Å². The Bertz CT molecular complexity index is 436. The maximum atomic E-state index is 12.4. The molecule has 2 rings (SSSR count). The highest BCUT2D eigenvalue weighted by Crippen LogP contribution is 2.27. The highest BCUT2D eigenvalue weighted by Gasteiger charge is 2.39. The van der Waals surface area contributed by atoms with Crippen molar-refractivity contribution in [3.05, 3.63) is 35.4 Å². The van der Waals surface area contributed by atoms with Crippen LogP contribution >= 0.6 is 0 Å². The number of nitrogens with zero attached hydrogens (tertiary/aromatic N) is 1. The molecular formula is C15H22N2O2. The van der Waals surface area contributed by atoms with Crippen LogP contribution in [-0.2, 0) is 22.6 Å². The molecule has 0 spiro atoms. The number of nitrogens with two attached hydrogens (primary N) is 1. The van der Waals surface area contributed by atoms with Gasteiger partial charge in [0.2, 0.25) is 0 Å². The minimum Gasteiger partial charge on any atom is -0.365 e. The molecule has 1 amide bonds. The van der Waals surface area contributed by atoms with Gasteiger partial charge in [-0.3, -0.25) is 4.79 Å². The molecule has 104 valence electrons. The van der Waals surface area contributed by atoms with Crippen molar-refractivity contribution in [1.29, 1.82) is 0 Å². The van der Waals surface area contributed by atoms with Crippen LogP contribution in [0, 0.1) is 0 Å². The zero-order valence-electron chi connectivity index (χ0n) is 11.7. The van der Waals surface area contributed by atoms with Crippen molar-refractivity contribution >= 4 is 5.91 Å². The van der Waals surface area contributed by atoms with Crippen molar-refractivity contribution in [2.24, 2.45) is 5.73 Å². The predicted octanol–water partition coefficient (Wildman–Crippen LogP) is 1.67. The van der Waals surface area contributed by atoms with Crippen molar-refractivity contribution in [2.75, 3.05) is 13.7 Å². The lowest BCUT2D eigenvalue weighted by Crippen LogP contribution is -2.44. The first-order chi connectivity index (χ1) is 9.05. The van der Waals surface area contributed by atoms with Gasteiger partial charge in [-0.05, 0) is 30.9 Å². The zero-order valence-corrected chi connectivity index (χ0v) is 11.7. The number of ether oxygens (including phenoxy) is 1. The van der Waals surface area contributed by atoms with Crippen molar-refractivity contribution < 1.29 is 9.53 Å². The van der Waals surface area contributed by atoms with E-state index in [1.165, 1.54) is 0 Å². The minimum absolute atomic E-state index is 0.0629. The number of rotatable bonds is 4. The Kier molecular flexibility index (Phi) is 4.22. The number of carbonyl (C=O) groups is 1. The second-order valence-corrected chi connectivity index (χ2v) is 5.36. The lowest BCUT2D eigenvalue weighted by molar-refractivity contribution is -0.150. The maximum Gasteiger partial charge on any atom is 0.254 e. The van der Waals surface area contributed by atoms with E-state index in [4.69, 9.17) is 10.5 Å². The lowest BCUT2D eigenvalue weighted by atomic mass is 10.0. The molecule has 1 atom stereocenters. The number of carbonyl (C=O) groups excluding carboxylic acids is 1. The van der Waals surface area contributed by atoms with E-state index in [1.807, 2.05) is 38.2 Å². The Labute approximate surface area is 114 Å². The lowest BCUT2D eigenvalue weighted by Gasteiger charge is -2.28. The molecule has 19 heavy (non-hydrogen) atoms. The average molecular weight is 262 g/mol. The summed E-state index contributed by atoms with van der Waals surface area (Å²) in [6, 6.07) is 8.04. The first-order valence-electron chi connectivity index (χ1n) is 6.72. The van der Waals surface area contributed by atoms with Crippen LogP contribution in [0.3, 0.4) is 0 Å². The van der Waals surface area contributed by atoms with E-state index < -0.39 is 5.60 Å². The molecule has 0 bridgehead atoms. The summed E-state index contributed by atoms with van der Waals surface area (Å²) in [7, 11) is 1.83. The molecule has 0 radical (unpaired) electrons. The topological polar surface area (TPSA) is 55.6 Å². The molecule has 4 heteroatoms. The normalized spacial score (nSPS) is 22.5. The third-order valence-electron chi connectivity index (χ3n) is 3.70. The number of likely N-dealkylation sites (N-methyl/N-ethyl adjacent to an activating group) is 1. The van der Waals surface area contributed by atoms with E-state index in [2.05, 4.69) is 0 Å². The van der Waals surface area contributed by atoms with Crippen molar-refractivity contribution in [3.63, 3.8) is 0 Å². The van der Waals surface area contributed by atoms with Gasteiger partial charge in [0.1, 0.15) is 5.60 Å². The number of amides is 1. The van der Waals surface area contributed by atoms with Gasteiger partial charge in [-0.15, -0.1) is 0 Å². The maximum absolute atomic E-state index is 12.4. The third-order valence-corrected chi connectivity index (χ3v) is 3.70. The molecule has 1 heterocycles. The number of benzene rings is 1. The summed E-state index contributed by atoms with van der Waals surface area (Å²) in [5.74, 6) is 0.0629. The van der Waals surface area contributed by atoms with E-state index >= 15 is 0 Å². The second-order valence-electron chi connectivity index (χ2n) is 5.36. The van der Waals surface area contributed by atoms with E-state index in [1.54, 1.807) is 4.90 Å². The van der Waals surface area contributed by atoms with Crippen LogP contribution in [-0.4, -0.2) is 30.1 Å². The van der Waals surface area contributed by atoms with Gasteiger partial charge in [-0.1, -0.05) is 24.3 Å². The standard InChI is InChI=1S/C15H22N2O2/c1-15(8-3-9-19-15)14(18)17(2)11-13-6-4-12(10-16)5-7-13/h4-7H,3,8-11,16H2,1-2H3. The van der Waals surface area contributed by atoms with Gasteiger partial charge in [0, 0.05) is 26.7 Å². The molecule has 2 N–H and O–H groups in total. The average Bonchev–Trinajstić information content (AvgIpc) is 2.87. The summed E-state index contributed by atoms with van der Waals surface area (Å²) in [5.41, 5.74) is 7.14. The quantitative estimate of drug-likeness (QED) is 0.898. The molecule has 1 aliphatic rings. The SMILES string of the molecule is CN(Cc1ccc(CN)cc1)C(=O)C1(C)CCCO1. The van der Waals surface area contributed by atoms with E-state index in [0.717, 1.165) is 24.0 Å². The molecule has 4 nitrogen and oxygen atoms in total. The fraction of sp³-hybridized carbons (Fsp3) is 0.533. The largest absolute Gasteiger partial charge is 0.365 e. The molecule has 1 fully saturated rings. The Morgan fingerprint density at radius 2 is 2.00 bits per heavy atom. The highest BCUT2D eigenvalue weighted by atomic mass is 16.5. The van der Waals surface area contributed by atoms with Gasteiger partial charge >= 0.3 is 0 Å². The molecule has 1 aromatic carbocycles. The van der Waals surface area contributed by atoms with E-state index in [9.17, 15) is 4.79 Å². The Hall–Kier alpha value is -1.39. The first kappa shape index (κ1) is 14.0. The van der Waals surface area contributed by atoms with E-state index in [-0.39, 0.29) is 5.91 Å². The smallest absolute Gasteiger partial charge is 0.254 e. The van der Waals surface area contributed by atoms with Gasteiger partial charge in [0.05, 0.1) is 0 Å². The van der Waals surface area contributed by atoms with Gasteiger partial charge in [-0.25, -0.2) is 0 Å². The summed E-state index contributed by atoms with van der Waals surface area (Å²) in [6.07, 6.45) is 1.77. The van der Waals surface area contributed by atoms with Crippen molar-refractivity contribution in [1.82, 2.24) is 4.90 Å². The summed E-state index contributed by atoms with van der Waals surface area (Å²) in [6.45, 7) is 3.71. The Morgan fingerprint density at radius 1 is 1.37 bits per heavy atom. The minimum atomic E-state index is -0.633. The van der Waals surface area contributed by atoms with Crippen molar-refractivity contribution in [2.45, 2.75) is 38.5 Å². The summed E-state index contributed by atoms with van der Waals surface area (Å²) in [4.78, 5) is 14.1. The van der Waals surface area contributed by atoms with Crippen LogP contribution < -0.4 is 5.73 Å². The Balaban J connectivity index is 1.99. The van der Waals surface area contributed by atoms with Crippen LogP contribution in [0.25, 0.3) is 0 Å². The van der Waals surface area contributed by atoms with Crippen LogP contribution in [0.15, 0.2) is 24.3 Å². The van der Waals surface area contributed by atoms with Crippen LogP contribution in [0.5, 0.6) is 0 Å². The first-order valence-corrected chi connectivity index (χ1v) is 6.72. The molecule has 0 saturated carbocycles. The monoisotopic (exact) mass is 262 g/mol. The molecule has 1 aliphatic heterocycles. The molecule has 1 saturated heterocycles. The van der Waals surface area contributed by atoms with Gasteiger partial charge in [-0.2, -0.15) is 0 Å². The van der Waals surface area contributed by atoms with Crippen LogP contribution in [0.1, 0.15) is 30.9 Å². The molecule has 1 aromatic rings. The van der Waals surface area contributed by atoms with Gasteiger partial charge in [0.25, 0.3) is 5.91 Å². The summed E-state index contributed by atoms with van der Waals surface area (Å²) in [5, 5.41) is 0. The molecule has 0 aliphatic carbocycles. The highest BCUT2D eigenvalue weighted by molar-refractivity contribution is 5.84. The zero-order chi connectivity index (χ0) is 13.9. The van der Waals surface area contributed by atoms with E-state index in [0.29, 0.717) is 19.7 Å². The Morgan fingerprint density at radius 3 is 2.53 bits per heavy atom. The summed E-state index contributed by atoms with van der Waals surface area (Å²) >= 11 is 0. The summed E-state index contributed by atoms with van der Waals surface area (Å²) < 4.78 is 5.59. The fourth-order valence-electron chi connectivity index (χ4n) is 2.48. The fourth-order valence-corrected chi connectivity index (χ4v) is 2.48. The molecular weight excluding hydrogens is 240 g/mol. The molecule has 0 aromatic heterocycles.